The molecule has 0 aliphatic heterocycles. The maximum Gasteiger partial charge on any atom is 1.00 e. The van der Waals surface area contributed by atoms with Gasteiger partial charge in [-0.3, -0.25) is 0 Å². The van der Waals surface area contributed by atoms with E-state index >= 15 is 0 Å². The molecule has 100 valence electrons. The SMILES string of the molecule is [Li+].[Li+].[O-]B([O-])c1cccc2ccc3cc4ccccc4cc3c12. The van der Waals surface area contributed by atoms with Crippen LogP contribution in [0.4, 0.5) is 0 Å². The van der Waals surface area contributed by atoms with Gasteiger partial charge in [0.05, 0.1) is 0 Å². The van der Waals surface area contributed by atoms with E-state index in [4.69, 9.17) is 0 Å². The van der Waals surface area contributed by atoms with Crippen molar-refractivity contribution in [3.05, 3.63) is 66.7 Å². The molecule has 2 nitrogen and oxygen atoms in total. The summed E-state index contributed by atoms with van der Waals surface area (Å²) in [6.07, 6.45) is 0. The fraction of sp³-hybridized carbons (Fsp3) is 0. The van der Waals surface area contributed by atoms with Gasteiger partial charge in [0.25, 0.3) is 0 Å². The topological polar surface area (TPSA) is 46.1 Å². The number of fused-ring (bicyclic) bond motifs is 4. The number of rotatable bonds is 1. The van der Waals surface area contributed by atoms with Gasteiger partial charge in [-0.15, -0.1) is 5.46 Å². The summed E-state index contributed by atoms with van der Waals surface area (Å²) in [4.78, 5) is 0. The van der Waals surface area contributed by atoms with Crippen molar-refractivity contribution >= 4 is 44.9 Å². The van der Waals surface area contributed by atoms with Gasteiger partial charge in [0, 0.05) is 0 Å². The van der Waals surface area contributed by atoms with Crippen LogP contribution < -0.4 is 53.2 Å². The Hall–Kier alpha value is -1.16. The van der Waals surface area contributed by atoms with E-state index in [9.17, 15) is 10.0 Å². The first-order chi connectivity index (χ1) is 10.2. The number of benzene rings is 4. The van der Waals surface area contributed by atoms with Crippen molar-refractivity contribution in [2.45, 2.75) is 0 Å². The normalized spacial score (nSPS) is 10.3. The molecule has 0 amide bonds. The largest absolute Gasteiger partial charge is 1.00 e. The van der Waals surface area contributed by atoms with Crippen LogP contribution in [-0.4, -0.2) is 7.12 Å². The average molecular weight is 284 g/mol. The first-order valence-electron chi connectivity index (χ1n) is 6.90. The maximum atomic E-state index is 11.5. The summed E-state index contributed by atoms with van der Waals surface area (Å²) in [6.45, 7) is 0. The van der Waals surface area contributed by atoms with Crippen molar-refractivity contribution in [2.75, 3.05) is 0 Å². The molecule has 0 bridgehead atoms. The van der Waals surface area contributed by atoms with Gasteiger partial charge in [0.2, 0.25) is 0 Å². The fourth-order valence-corrected chi connectivity index (χ4v) is 3.03. The van der Waals surface area contributed by atoms with E-state index in [-0.39, 0.29) is 37.7 Å². The molecule has 4 rings (SSSR count). The van der Waals surface area contributed by atoms with Crippen molar-refractivity contribution in [3.63, 3.8) is 0 Å². The van der Waals surface area contributed by atoms with Crippen LogP contribution in [0.1, 0.15) is 0 Å². The summed E-state index contributed by atoms with van der Waals surface area (Å²) in [5.74, 6) is 0. The van der Waals surface area contributed by atoms with Crippen LogP contribution in [0.25, 0.3) is 32.3 Å². The van der Waals surface area contributed by atoms with Crippen LogP contribution >= 0.6 is 0 Å². The molecular weight excluding hydrogens is 273 g/mol. The molecule has 0 heterocycles. The molecule has 0 aliphatic rings. The Morgan fingerprint density at radius 3 is 1.91 bits per heavy atom. The monoisotopic (exact) mass is 284 g/mol. The molecule has 0 N–H and O–H groups in total. The third-order valence-corrected chi connectivity index (χ3v) is 4.01. The minimum Gasteiger partial charge on any atom is -0.889 e. The van der Waals surface area contributed by atoms with Crippen LogP contribution in [0, 0.1) is 0 Å². The van der Waals surface area contributed by atoms with E-state index < -0.39 is 7.12 Å². The molecule has 23 heavy (non-hydrogen) atoms. The summed E-state index contributed by atoms with van der Waals surface area (Å²) >= 11 is 0. The standard InChI is InChI=1S/C18H11BO2.2Li/c20-19(21)17-7-3-6-12-8-9-15-10-13-4-1-2-5-14(13)11-16(15)18(12)17;;/h1-11H;;/q-2;2*+1. The molecule has 0 aromatic heterocycles. The summed E-state index contributed by atoms with van der Waals surface area (Å²) in [5, 5.41) is 29.0. The van der Waals surface area contributed by atoms with Gasteiger partial charge in [-0.2, -0.15) is 0 Å². The van der Waals surface area contributed by atoms with Crippen LogP contribution in [0.15, 0.2) is 66.7 Å². The Morgan fingerprint density at radius 2 is 1.22 bits per heavy atom. The van der Waals surface area contributed by atoms with E-state index in [0.29, 0.717) is 5.46 Å². The first-order valence-corrected chi connectivity index (χ1v) is 6.90. The molecule has 0 atom stereocenters. The Kier molecular flexibility index (Phi) is 5.66. The molecule has 5 heteroatoms. The van der Waals surface area contributed by atoms with E-state index in [1.54, 1.807) is 12.1 Å². The fourth-order valence-electron chi connectivity index (χ4n) is 3.03. The second kappa shape index (κ2) is 7.16. The van der Waals surface area contributed by atoms with Crippen molar-refractivity contribution in [1.29, 1.82) is 0 Å². The van der Waals surface area contributed by atoms with E-state index in [1.807, 2.05) is 36.4 Å². The zero-order chi connectivity index (χ0) is 14.4. The molecule has 0 fully saturated rings. The minimum absolute atomic E-state index is 0. The minimum atomic E-state index is -1.97. The van der Waals surface area contributed by atoms with E-state index in [1.165, 1.54) is 0 Å². The molecule has 0 unspecified atom stereocenters. The van der Waals surface area contributed by atoms with Crippen LogP contribution in [0.2, 0.25) is 0 Å². The Labute approximate surface area is 159 Å². The van der Waals surface area contributed by atoms with Crippen LogP contribution in [0.5, 0.6) is 0 Å². The van der Waals surface area contributed by atoms with E-state index in [0.717, 1.165) is 32.3 Å². The van der Waals surface area contributed by atoms with Crippen LogP contribution in [-0.2, 0) is 0 Å². The van der Waals surface area contributed by atoms with Gasteiger partial charge in [-0.25, -0.2) is 0 Å². The predicted octanol–water partition coefficient (Wildman–Crippen LogP) is -4.43. The quantitative estimate of drug-likeness (QED) is 0.201. The first kappa shape index (κ1) is 18.2. The van der Waals surface area contributed by atoms with Gasteiger partial charge >= 0.3 is 37.7 Å². The summed E-state index contributed by atoms with van der Waals surface area (Å²) in [6, 6.07) is 21.6. The predicted molar refractivity (Wildman–Crippen MR) is 84.3 cm³/mol. The molecule has 4 aromatic carbocycles. The third-order valence-electron chi connectivity index (χ3n) is 4.01. The summed E-state index contributed by atoms with van der Waals surface area (Å²) in [7, 11) is -1.97. The average Bonchev–Trinajstić information content (AvgIpc) is 2.52. The number of hydrogen-bond donors (Lipinski definition) is 0. The van der Waals surface area contributed by atoms with Crippen LogP contribution in [0.3, 0.4) is 0 Å². The molecule has 4 aromatic rings. The van der Waals surface area contributed by atoms with Gasteiger partial charge in [-0.1, -0.05) is 61.7 Å². The zero-order valence-corrected chi connectivity index (χ0v) is 13.2. The van der Waals surface area contributed by atoms with Gasteiger partial charge in [0.15, 0.2) is 0 Å². The second-order valence-corrected chi connectivity index (χ2v) is 5.26. The molecular formula is C18H11BLi2O2. The third kappa shape index (κ3) is 3.10. The van der Waals surface area contributed by atoms with Gasteiger partial charge in [0.1, 0.15) is 0 Å². The summed E-state index contributed by atoms with van der Waals surface area (Å²) < 4.78 is 0. The molecule has 0 aliphatic carbocycles. The van der Waals surface area contributed by atoms with Gasteiger partial charge in [-0.05, 0) is 44.5 Å². The number of hydrogen-bond acceptors (Lipinski definition) is 2. The molecule has 0 radical (unpaired) electrons. The summed E-state index contributed by atoms with van der Waals surface area (Å²) in [5.41, 5.74) is 0.327. The zero-order valence-electron chi connectivity index (χ0n) is 13.2. The molecule has 0 spiro atoms. The van der Waals surface area contributed by atoms with E-state index in [2.05, 4.69) is 18.2 Å². The smallest absolute Gasteiger partial charge is 0.889 e. The van der Waals surface area contributed by atoms with Crippen molar-refractivity contribution in [3.8, 4) is 0 Å². The van der Waals surface area contributed by atoms with Gasteiger partial charge < -0.3 is 10.0 Å². The molecule has 0 saturated carbocycles. The Balaban J connectivity index is 0.000000960. The Morgan fingerprint density at radius 1 is 0.609 bits per heavy atom. The Bertz CT molecular complexity index is 986. The van der Waals surface area contributed by atoms with Crippen molar-refractivity contribution < 1.29 is 47.8 Å². The maximum absolute atomic E-state index is 11.5. The molecule has 0 saturated heterocycles. The second-order valence-electron chi connectivity index (χ2n) is 5.26. The van der Waals surface area contributed by atoms with Crippen molar-refractivity contribution in [2.24, 2.45) is 0 Å². The van der Waals surface area contributed by atoms with Crippen molar-refractivity contribution in [1.82, 2.24) is 0 Å².